The Hall–Kier alpha value is -2.15. The summed E-state index contributed by atoms with van der Waals surface area (Å²) in [6, 6.07) is 7.96. The van der Waals surface area contributed by atoms with Crippen LogP contribution in [0.2, 0.25) is 0 Å². The smallest absolute Gasteiger partial charge is 0.292 e. The van der Waals surface area contributed by atoms with Crippen LogP contribution in [-0.4, -0.2) is 16.0 Å². The Morgan fingerprint density at radius 2 is 2.10 bits per heavy atom. The van der Waals surface area contributed by atoms with Crippen LogP contribution in [0, 0.1) is 10.1 Å². The summed E-state index contributed by atoms with van der Waals surface area (Å²) in [5.74, 6) is 0. The summed E-state index contributed by atoms with van der Waals surface area (Å²) >= 11 is 3.31. The van der Waals surface area contributed by atoms with Gasteiger partial charge in [0.15, 0.2) is 0 Å². The van der Waals surface area contributed by atoms with E-state index in [0.29, 0.717) is 17.8 Å². The number of benzene rings is 1. The van der Waals surface area contributed by atoms with E-state index in [9.17, 15) is 14.9 Å². The van der Waals surface area contributed by atoms with Gasteiger partial charge in [-0.05, 0) is 28.9 Å². The highest BCUT2D eigenvalue weighted by molar-refractivity contribution is 9.10. The molecule has 1 heterocycles. The highest BCUT2D eigenvalue weighted by atomic mass is 79.9. The highest BCUT2D eigenvalue weighted by Gasteiger charge is 2.17. The minimum absolute atomic E-state index is 0.0115. The fourth-order valence-electron chi connectivity index (χ4n) is 2.06. The van der Waals surface area contributed by atoms with Gasteiger partial charge in [0.05, 0.1) is 11.5 Å². The maximum absolute atomic E-state index is 11.9. The molecule has 0 aliphatic rings. The van der Waals surface area contributed by atoms with Crippen molar-refractivity contribution in [3.8, 4) is 0 Å². The number of nitro benzene ring substituents is 1. The largest absolute Gasteiger partial charge is 0.379 e. The van der Waals surface area contributed by atoms with Gasteiger partial charge in [0.1, 0.15) is 5.69 Å². The molecule has 0 fully saturated rings. The molecule has 0 saturated carbocycles. The average Bonchev–Trinajstić information content (AvgIpc) is 2.44. The van der Waals surface area contributed by atoms with Crippen molar-refractivity contribution in [2.24, 2.45) is 0 Å². The Morgan fingerprint density at radius 1 is 1.33 bits per heavy atom. The van der Waals surface area contributed by atoms with Crippen molar-refractivity contribution in [3.63, 3.8) is 0 Å². The van der Waals surface area contributed by atoms with Crippen molar-refractivity contribution in [3.05, 3.63) is 67.0 Å². The molecule has 0 amide bonds. The first kappa shape index (κ1) is 15.2. The molecule has 7 heteroatoms. The second kappa shape index (κ2) is 6.53. The lowest BCUT2D eigenvalue weighted by molar-refractivity contribution is -0.384. The first-order chi connectivity index (χ1) is 10.0. The Labute approximate surface area is 129 Å². The molecule has 1 aromatic heterocycles. The summed E-state index contributed by atoms with van der Waals surface area (Å²) in [6.45, 7) is 2.69. The van der Waals surface area contributed by atoms with E-state index in [1.807, 2.05) is 6.92 Å². The topological polar surface area (TPSA) is 77.2 Å². The Kier molecular flexibility index (Phi) is 4.74. The standard InChI is InChI=1S/C14H14BrN3O3/c1-2-16-14-10(4-3-5-12(14)18(20)21)8-17-9-11(15)6-7-13(17)19/h3-7,9,16H,2,8H2,1H3. The minimum Gasteiger partial charge on any atom is -0.379 e. The molecule has 1 aromatic carbocycles. The van der Waals surface area contributed by atoms with Crippen LogP contribution in [0.1, 0.15) is 12.5 Å². The molecule has 0 aliphatic carbocycles. The molecule has 0 bridgehead atoms. The number of aromatic nitrogens is 1. The van der Waals surface area contributed by atoms with E-state index in [1.54, 1.807) is 24.4 Å². The zero-order valence-corrected chi connectivity index (χ0v) is 13.0. The number of nitrogens with zero attached hydrogens (tertiary/aromatic N) is 2. The summed E-state index contributed by atoms with van der Waals surface area (Å²) in [4.78, 5) is 22.5. The molecule has 0 atom stereocenters. The van der Waals surface area contributed by atoms with Crippen molar-refractivity contribution in [1.29, 1.82) is 0 Å². The van der Waals surface area contributed by atoms with Gasteiger partial charge in [0.2, 0.25) is 0 Å². The van der Waals surface area contributed by atoms with Crippen LogP contribution in [0.25, 0.3) is 0 Å². The molecule has 6 nitrogen and oxygen atoms in total. The summed E-state index contributed by atoms with van der Waals surface area (Å²) in [6.07, 6.45) is 1.66. The van der Waals surface area contributed by atoms with E-state index in [1.165, 1.54) is 16.7 Å². The van der Waals surface area contributed by atoms with Gasteiger partial charge in [-0.1, -0.05) is 12.1 Å². The fraction of sp³-hybridized carbons (Fsp3) is 0.214. The third kappa shape index (κ3) is 3.49. The lowest BCUT2D eigenvalue weighted by Gasteiger charge is -2.12. The molecule has 21 heavy (non-hydrogen) atoms. The number of hydrogen-bond acceptors (Lipinski definition) is 4. The van der Waals surface area contributed by atoms with Crippen LogP contribution in [0.5, 0.6) is 0 Å². The fourth-order valence-corrected chi connectivity index (χ4v) is 2.44. The second-order valence-corrected chi connectivity index (χ2v) is 5.33. The van der Waals surface area contributed by atoms with Crippen molar-refractivity contribution < 1.29 is 4.92 Å². The van der Waals surface area contributed by atoms with Gasteiger partial charge in [0.25, 0.3) is 11.2 Å². The zero-order chi connectivity index (χ0) is 15.4. The lowest BCUT2D eigenvalue weighted by Crippen LogP contribution is -2.19. The van der Waals surface area contributed by atoms with Crippen molar-refractivity contribution in [2.45, 2.75) is 13.5 Å². The highest BCUT2D eigenvalue weighted by Crippen LogP contribution is 2.28. The third-order valence-corrected chi connectivity index (χ3v) is 3.44. The van der Waals surface area contributed by atoms with Crippen LogP contribution in [0.4, 0.5) is 11.4 Å². The van der Waals surface area contributed by atoms with Gasteiger partial charge in [-0.3, -0.25) is 14.9 Å². The van der Waals surface area contributed by atoms with E-state index in [2.05, 4.69) is 21.2 Å². The van der Waals surface area contributed by atoms with Crippen LogP contribution in [-0.2, 0) is 6.54 Å². The van der Waals surface area contributed by atoms with Crippen molar-refractivity contribution in [1.82, 2.24) is 4.57 Å². The summed E-state index contributed by atoms with van der Waals surface area (Å²) in [5, 5.41) is 14.1. The maximum atomic E-state index is 11.9. The Balaban J connectivity index is 2.48. The molecule has 0 aliphatic heterocycles. The molecule has 2 aromatic rings. The van der Waals surface area contributed by atoms with Gasteiger partial charge in [0, 0.05) is 34.9 Å². The predicted octanol–water partition coefficient (Wildman–Crippen LogP) is 3.00. The molecule has 1 N–H and O–H groups in total. The molecule has 110 valence electrons. The van der Waals surface area contributed by atoms with E-state index < -0.39 is 4.92 Å². The zero-order valence-electron chi connectivity index (χ0n) is 11.4. The van der Waals surface area contributed by atoms with Gasteiger partial charge in [-0.2, -0.15) is 0 Å². The summed E-state index contributed by atoms with van der Waals surface area (Å²) in [5.41, 5.74) is 1.01. The number of nitro groups is 1. The Bertz CT molecular complexity index is 728. The van der Waals surface area contributed by atoms with E-state index in [-0.39, 0.29) is 17.8 Å². The minimum atomic E-state index is -0.425. The van der Waals surface area contributed by atoms with Crippen molar-refractivity contribution >= 4 is 27.3 Å². The van der Waals surface area contributed by atoms with Crippen LogP contribution < -0.4 is 10.9 Å². The third-order valence-electron chi connectivity index (χ3n) is 2.97. The molecule has 0 saturated heterocycles. The number of nitrogens with one attached hydrogen (secondary N) is 1. The lowest BCUT2D eigenvalue weighted by atomic mass is 10.1. The molecular formula is C14H14BrN3O3. The number of hydrogen-bond donors (Lipinski definition) is 1. The molecule has 2 rings (SSSR count). The van der Waals surface area contributed by atoms with Crippen LogP contribution in [0.15, 0.2) is 45.8 Å². The van der Waals surface area contributed by atoms with Crippen molar-refractivity contribution in [2.75, 3.05) is 11.9 Å². The van der Waals surface area contributed by atoms with Gasteiger partial charge in [-0.25, -0.2) is 0 Å². The van der Waals surface area contributed by atoms with Crippen LogP contribution >= 0.6 is 15.9 Å². The quantitative estimate of drug-likeness (QED) is 0.663. The Morgan fingerprint density at radius 3 is 2.76 bits per heavy atom. The van der Waals surface area contributed by atoms with Gasteiger partial charge >= 0.3 is 0 Å². The van der Waals surface area contributed by atoms with Gasteiger partial charge < -0.3 is 9.88 Å². The molecular weight excluding hydrogens is 338 g/mol. The average molecular weight is 352 g/mol. The van der Waals surface area contributed by atoms with E-state index in [0.717, 1.165) is 4.47 Å². The second-order valence-electron chi connectivity index (χ2n) is 4.41. The monoisotopic (exact) mass is 351 g/mol. The molecule has 0 spiro atoms. The molecule has 0 unspecified atom stereocenters. The number of anilines is 1. The number of rotatable bonds is 5. The molecule has 0 radical (unpaired) electrons. The van der Waals surface area contributed by atoms with Crippen LogP contribution in [0.3, 0.4) is 0 Å². The van der Waals surface area contributed by atoms with E-state index in [4.69, 9.17) is 0 Å². The first-order valence-electron chi connectivity index (χ1n) is 6.39. The first-order valence-corrected chi connectivity index (χ1v) is 7.18. The van der Waals surface area contributed by atoms with Gasteiger partial charge in [-0.15, -0.1) is 0 Å². The number of halogens is 1. The van der Waals surface area contributed by atoms with E-state index >= 15 is 0 Å². The predicted molar refractivity (Wildman–Crippen MR) is 84.8 cm³/mol. The maximum Gasteiger partial charge on any atom is 0.292 e. The number of para-hydroxylation sites is 1. The normalized spacial score (nSPS) is 10.4. The summed E-state index contributed by atoms with van der Waals surface area (Å²) in [7, 11) is 0. The summed E-state index contributed by atoms with van der Waals surface area (Å²) < 4.78 is 2.28. The SMILES string of the molecule is CCNc1c(Cn2cc(Br)ccc2=O)cccc1[N+](=O)[O-]. The number of pyridine rings is 1.